The van der Waals surface area contributed by atoms with Gasteiger partial charge in [-0.2, -0.15) is 4.31 Å². The molecule has 31 heavy (non-hydrogen) atoms. The predicted octanol–water partition coefficient (Wildman–Crippen LogP) is 3.74. The number of nitrogens with zero attached hydrogens (tertiary/aromatic N) is 2. The van der Waals surface area contributed by atoms with Gasteiger partial charge in [0.2, 0.25) is 10.0 Å². The van der Waals surface area contributed by atoms with E-state index in [4.69, 9.17) is 4.74 Å². The average molecular weight is 440 g/mol. The van der Waals surface area contributed by atoms with Crippen LogP contribution in [-0.4, -0.2) is 48.9 Å². The molecule has 1 aliphatic rings. The number of rotatable bonds is 5. The molecule has 0 aliphatic carbocycles. The minimum atomic E-state index is -3.76. The van der Waals surface area contributed by atoms with Gasteiger partial charge in [-0.15, -0.1) is 0 Å². The zero-order chi connectivity index (χ0) is 22.0. The summed E-state index contributed by atoms with van der Waals surface area (Å²) < 4.78 is 33.1. The summed E-state index contributed by atoms with van der Waals surface area (Å²) in [6.07, 6.45) is 3.39. The summed E-state index contributed by atoms with van der Waals surface area (Å²) >= 11 is 0. The summed E-state index contributed by atoms with van der Waals surface area (Å²) in [5.41, 5.74) is 2.77. The maximum atomic E-state index is 13.4. The molecule has 1 N–H and O–H groups in total. The number of hydrogen-bond donors (Lipinski definition) is 1. The normalized spacial score (nSPS) is 17.4. The molecule has 1 aliphatic heterocycles. The highest BCUT2D eigenvalue weighted by Crippen LogP contribution is 2.31. The van der Waals surface area contributed by atoms with Crippen LogP contribution in [-0.2, 0) is 14.8 Å². The molecule has 7 nitrogen and oxygen atoms in total. The lowest BCUT2D eigenvalue weighted by Gasteiger charge is -2.31. The number of aryl methyl sites for hydroxylation is 1. The Labute approximate surface area is 182 Å². The SMILES string of the molecule is COC(=O)c1ccc(C)c(S(=O)(=O)N2CCCC(c3ncc(-c4ccccc4)[nH]3)C2)c1. The number of imidazole rings is 1. The lowest BCUT2D eigenvalue weighted by atomic mass is 9.99. The zero-order valence-electron chi connectivity index (χ0n) is 17.5. The number of carbonyl (C=O) groups is 1. The first-order valence-electron chi connectivity index (χ1n) is 10.2. The van der Waals surface area contributed by atoms with Crippen LogP contribution in [0.25, 0.3) is 11.3 Å². The van der Waals surface area contributed by atoms with E-state index >= 15 is 0 Å². The van der Waals surface area contributed by atoms with E-state index in [1.165, 1.54) is 17.5 Å². The molecule has 1 unspecified atom stereocenters. The molecular weight excluding hydrogens is 414 g/mol. The number of piperidine rings is 1. The number of methoxy groups -OCH3 is 1. The van der Waals surface area contributed by atoms with Gasteiger partial charge in [-0.05, 0) is 43.0 Å². The molecule has 2 aromatic carbocycles. The van der Waals surface area contributed by atoms with Crippen molar-refractivity contribution in [3.63, 3.8) is 0 Å². The van der Waals surface area contributed by atoms with Crippen molar-refractivity contribution in [2.24, 2.45) is 0 Å². The van der Waals surface area contributed by atoms with Gasteiger partial charge in [0.25, 0.3) is 0 Å². The second-order valence-corrected chi connectivity index (χ2v) is 9.63. The Balaban J connectivity index is 1.59. The molecule has 0 bridgehead atoms. The summed E-state index contributed by atoms with van der Waals surface area (Å²) in [5, 5.41) is 0. The molecule has 1 fully saturated rings. The van der Waals surface area contributed by atoms with Crippen molar-refractivity contribution in [1.29, 1.82) is 0 Å². The third-order valence-corrected chi connectivity index (χ3v) is 7.69. The molecule has 4 rings (SSSR count). The van der Waals surface area contributed by atoms with E-state index in [2.05, 4.69) is 9.97 Å². The van der Waals surface area contributed by atoms with Crippen molar-refractivity contribution in [2.45, 2.75) is 30.6 Å². The van der Waals surface area contributed by atoms with Crippen molar-refractivity contribution < 1.29 is 17.9 Å². The molecule has 0 saturated carbocycles. The van der Waals surface area contributed by atoms with E-state index in [1.54, 1.807) is 25.3 Å². The number of nitrogens with one attached hydrogen (secondary N) is 1. The average Bonchev–Trinajstić information content (AvgIpc) is 3.30. The highest BCUT2D eigenvalue weighted by molar-refractivity contribution is 7.89. The molecule has 1 saturated heterocycles. The highest BCUT2D eigenvalue weighted by atomic mass is 32.2. The van der Waals surface area contributed by atoms with Crippen LogP contribution in [0.2, 0.25) is 0 Å². The number of ether oxygens (including phenoxy) is 1. The third kappa shape index (κ3) is 4.26. The number of benzene rings is 2. The van der Waals surface area contributed by atoms with Crippen LogP contribution in [0.3, 0.4) is 0 Å². The van der Waals surface area contributed by atoms with Crippen LogP contribution in [0.4, 0.5) is 0 Å². The number of aromatic amines is 1. The molecule has 0 radical (unpaired) electrons. The fourth-order valence-electron chi connectivity index (χ4n) is 3.95. The summed E-state index contributed by atoms with van der Waals surface area (Å²) in [5.74, 6) is 0.209. The number of H-pyrrole nitrogens is 1. The second kappa shape index (κ2) is 8.64. The van der Waals surface area contributed by atoms with Gasteiger partial charge in [0.1, 0.15) is 5.82 Å². The van der Waals surface area contributed by atoms with Crippen molar-refractivity contribution in [2.75, 3.05) is 20.2 Å². The first-order valence-corrected chi connectivity index (χ1v) is 11.6. The van der Waals surface area contributed by atoms with Crippen LogP contribution in [0.5, 0.6) is 0 Å². The maximum absolute atomic E-state index is 13.4. The van der Waals surface area contributed by atoms with Crippen molar-refractivity contribution in [3.05, 3.63) is 71.7 Å². The van der Waals surface area contributed by atoms with E-state index in [1.807, 2.05) is 30.3 Å². The summed E-state index contributed by atoms with van der Waals surface area (Å²) in [4.78, 5) is 19.9. The van der Waals surface area contributed by atoms with Crippen LogP contribution >= 0.6 is 0 Å². The largest absolute Gasteiger partial charge is 0.465 e. The summed E-state index contributed by atoms with van der Waals surface area (Å²) in [6.45, 7) is 2.51. The van der Waals surface area contributed by atoms with E-state index in [0.29, 0.717) is 18.7 Å². The topological polar surface area (TPSA) is 92.4 Å². The molecule has 0 amide bonds. The minimum absolute atomic E-state index is 0.0231. The van der Waals surface area contributed by atoms with Gasteiger partial charge in [0.15, 0.2) is 0 Å². The Morgan fingerprint density at radius 1 is 1.19 bits per heavy atom. The zero-order valence-corrected chi connectivity index (χ0v) is 18.4. The summed E-state index contributed by atoms with van der Waals surface area (Å²) in [7, 11) is -2.48. The van der Waals surface area contributed by atoms with Crippen molar-refractivity contribution >= 4 is 16.0 Å². The Bertz CT molecular complexity index is 1190. The van der Waals surface area contributed by atoms with Crippen LogP contribution in [0.1, 0.15) is 40.5 Å². The molecule has 162 valence electrons. The number of sulfonamides is 1. The van der Waals surface area contributed by atoms with Gasteiger partial charge in [-0.3, -0.25) is 0 Å². The number of aromatic nitrogens is 2. The van der Waals surface area contributed by atoms with Gasteiger partial charge < -0.3 is 9.72 Å². The Morgan fingerprint density at radius 2 is 1.97 bits per heavy atom. The van der Waals surface area contributed by atoms with Gasteiger partial charge in [-0.1, -0.05) is 36.4 Å². The number of esters is 1. The van der Waals surface area contributed by atoms with E-state index in [-0.39, 0.29) is 16.4 Å². The fourth-order valence-corrected chi connectivity index (χ4v) is 5.73. The minimum Gasteiger partial charge on any atom is -0.465 e. The third-order valence-electron chi connectivity index (χ3n) is 5.68. The predicted molar refractivity (Wildman–Crippen MR) is 117 cm³/mol. The highest BCUT2D eigenvalue weighted by Gasteiger charge is 2.33. The number of hydrogen-bond acceptors (Lipinski definition) is 5. The van der Waals surface area contributed by atoms with E-state index in [0.717, 1.165) is 29.9 Å². The Morgan fingerprint density at radius 3 is 2.71 bits per heavy atom. The molecule has 8 heteroatoms. The van der Waals surface area contributed by atoms with E-state index in [9.17, 15) is 13.2 Å². The Kier molecular flexibility index (Phi) is 5.93. The molecule has 0 spiro atoms. The van der Waals surface area contributed by atoms with E-state index < -0.39 is 16.0 Å². The lowest BCUT2D eigenvalue weighted by Crippen LogP contribution is -2.39. The van der Waals surface area contributed by atoms with Crippen LogP contribution in [0.15, 0.2) is 59.6 Å². The van der Waals surface area contributed by atoms with Gasteiger partial charge in [0.05, 0.1) is 29.5 Å². The fraction of sp³-hybridized carbons (Fsp3) is 0.304. The smallest absolute Gasteiger partial charge is 0.337 e. The van der Waals surface area contributed by atoms with Crippen molar-refractivity contribution in [3.8, 4) is 11.3 Å². The molecule has 3 aromatic rings. The van der Waals surface area contributed by atoms with Gasteiger partial charge in [0, 0.05) is 19.0 Å². The molecule has 1 atom stereocenters. The second-order valence-electron chi connectivity index (χ2n) is 7.72. The van der Waals surface area contributed by atoms with Crippen molar-refractivity contribution in [1.82, 2.24) is 14.3 Å². The van der Waals surface area contributed by atoms with Gasteiger partial charge >= 0.3 is 5.97 Å². The quantitative estimate of drug-likeness (QED) is 0.612. The lowest BCUT2D eigenvalue weighted by molar-refractivity contribution is 0.0600. The van der Waals surface area contributed by atoms with Crippen LogP contribution < -0.4 is 0 Å². The summed E-state index contributed by atoms with van der Waals surface area (Å²) in [6, 6.07) is 14.5. The molecule has 2 heterocycles. The first kappa shape index (κ1) is 21.3. The Hall–Kier alpha value is -2.97. The van der Waals surface area contributed by atoms with Gasteiger partial charge in [-0.25, -0.2) is 18.2 Å². The van der Waals surface area contributed by atoms with Crippen LogP contribution in [0, 0.1) is 6.92 Å². The molecule has 1 aromatic heterocycles. The first-order chi connectivity index (χ1) is 14.9. The number of carbonyl (C=O) groups excluding carboxylic acids is 1. The monoisotopic (exact) mass is 439 g/mol. The maximum Gasteiger partial charge on any atom is 0.337 e. The standard InChI is InChI=1S/C23H25N3O4S/c1-16-10-11-18(23(27)30-2)13-21(16)31(28,29)26-12-6-9-19(15-26)22-24-14-20(25-22)17-7-4-3-5-8-17/h3-5,7-8,10-11,13-14,19H,6,9,12,15H2,1-2H3,(H,24,25). The molecular formula is C23H25N3O4S.